The highest BCUT2D eigenvalue weighted by Gasteiger charge is 2.23. The first kappa shape index (κ1) is 26.2. The van der Waals surface area contributed by atoms with Crippen LogP contribution in [-0.4, -0.2) is 49.3 Å². The molecule has 5 heterocycles. The number of nitrogens with zero attached hydrogens (tertiary/aromatic N) is 2. The third-order valence-electron chi connectivity index (χ3n) is 7.27. The third kappa shape index (κ3) is 5.39. The van der Waals surface area contributed by atoms with Crippen molar-refractivity contribution in [2.45, 2.75) is 37.8 Å². The van der Waals surface area contributed by atoms with Crippen LogP contribution in [0.4, 0.5) is 22.1 Å². The molecule has 2 atom stereocenters. The number of thiophene rings is 2. The number of morpholine rings is 1. The Morgan fingerprint density at radius 3 is 2.67 bits per heavy atom. The number of rotatable bonds is 7. The molecule has 39 heavy (non-hydrogen) atoms. The van der Waals surface area contributed by atoms with E-state index in [0.29, 0.717) is 18.9 Å². The Morgan fingerprint density at radius 1 is 1.05 bits per heavy atom. The van der Waals surface area contributed by atoms with E-state index in [-0.39, 0.29) is 23.2 Å². The number of fused-ring (bicyclic) bond motifs is 1. The molecule has 4 aromatic heterocycles. The molecule has 1 saturated heterocycles. The molecule has 0 aromatic carbocycles. The Bertz CT molecular complexity index is 1560. The van der Waals surface area contributed by atoms with Gasteiger partial charge in [-0.15, -0.1) is 34.0 Å². The predicted molar refractivity (Wildman–Crippen MR) is 162 cm³/mol. The molecule has 1 aliphatic heterocycles. The summed E-state index contributed by atoms with van der Waals surface area (Å²) in [4.78, 5) is 31.9. The van der Waals surface area contributed by atoms with Gasteiger partial charge in [0, 0.05) is 58.5 Å². The lowest BCUT2D eigenvalue weighted by molar-refractivity contribution is 0.0996. The molecular formula is C27H30N6O3S3. The largest absolute Gasteiger partial charge is 0.379 e. The van der Waals surface area contributed by atoms with Crippen LogP contribution in [0.3, 0.4) is 0 Å². The summed E-state index contributed by atoms with van der Waals surface area (Å²) in [6.45, 7) is 2.85. The summed E-state index contributed by atoms with van der Waals surface area (Å²) in [5.74, 6) is -0.607. The molecule has 4 aromatic rings. The normalized spacial score (nSPS) is 19.8. The number of amides is 1. The first-order chi connectivity index (χ1) is 19.0. The van der Waals surface area contributed by atoms with Crippen LogP contribution in [-0.2, 0) is 4.74 Å². The lowest BCUT2D eigenvalue weighted by Crippen LogP contribution is -2.42. The van der Waals surface area contributed by atoms with Crippen LogP contribution in [0.15, 0.2) is 39.3 Å². The summed E-state index contributed by atoms with van der Waals surface area (Å²) in [5.41, 5.74) is 16.3. The average Bonchev–Trinajstić information content (AvgIpc) is 3.57. The first-order valence-corrected chi connectivity index (χ1v) is 15.7. The van der Waals surface area contributed by atoms with Gasteiger partial charge in [-0.2, -0.15) is 0 Å². The maximum Gasteiger partial charge on any atom is 0.269 e. The fourth-order valence-electron chi connectivity index (χ4n) is 5.19. The summed E-state index contributed by atoms with van der Waals surface area (Å²) < 4.78 is 7.20. The average molecular weight is 583 g/mol. The van der Waals surface area contributed by atoms with Crippen molar-refractivity contribution in [2.24, 2.45) is 11.5 Å². The number of pyridine rings is 1. The van der Waals surface area contributed by atoms with E-state index in [1.165, 1.54) is 11.3 Å². The molecule has 1 saturated carbocycles. The molecule has 6 rings (SSSR count). The zero-order valence-electron chi connectivity index (χ0n) is 21.3. The quantitative estimate of drug-likeness (QED) is 0.244. The van der Waals surface area contributed by atoms with E-state index in [1.54, 1.807) is 34.9 Å². The zero-order valence-corrected chi connectivity index (χ0v) is 23.7. The number of aromatic nitrogens is 1. The Labute approximate surface area is 237 Å². The summed E-state index contributed by atoms with van der Waals surface area (Å²) in [6.07, 6.45) is 5.90. The number of carbonyl (C=O) groups excluding carboxylic acids is 1. The molecule has 0 bridgehead atoms. The Hall–Kier alpha value is -3.03. The topological polar surface area (TPSA) is 136 Å². The van der Waals surface area contributed by atoms with Gasteiger partial charge in [-0.3, -0.25) is 9.59 Å². The van der Waals surface area contributed by atoms with Gasteiger partial charge in [-0.1, -0.05) is 12.8 Å². The Morgan fingerprint density at radius 2 is 1.87 bits per heavy atom. The molecule has 6 N–H and O–H groups in total. The van der Waals surface area contributed by atoms with E-state index in [2.05, 4.69) is 25.9 Å². The van der Waals surface area contributed by atoms with Crippen molar-refractivity contribution in [3.8, 4) is 11.1 Å². The fourth-order valence-corrected chi connectivity index (χ4v) is 8.35. The number of hydrogen-bond acceptors (Lipinski definition) is 11. The molecule has 2 fully saturated rings. The van der Waals surface area contributed by atoms with Crippen molar-refractivity contribution >= 4 is 71.4 Å². The number of ether oxygens (including phenoxy) is 1. The molecular weight excluding hydrogens is 553 g/mol. The summed E-state index contributed by atoms with van der Waals surface area (Å²) in [7, 11) is 0. The second-order valence-electron chi connectivity index (χ2n) is 9.86. The van der Waals surface area contributed by atoms with Crippen LogP contribution < -0.4 is 32.4 Å². The van der Waals surface area contributed by atoms with E-state index in [0.717, 1.165) is 75.7 Å². The maximum atomic E-state index is 13.0. The fraction of sp³-hybridized carbons (Fsp3) is 0.370. The molecule has 9 nitrogen and oxygen atoms in total. The molecule has 0 radical (unpaired) electrons. The number of anilines is 4. The Kier molecular flexibility index (Phi) is 7.54. The van der Waals surface area contributed by atoms with Crippen LogP contribution in [0.5, 0.6) is 0 Å². The smallest absolute Gasteiger partial charge is 0.269 e. The molecule has 1 amide bonds. The third-order valence-corrected chi connectivity index (χ3v) is 10.3. The highest BCUT2D eigenvalue weighted by Crippen LogP contribution is 2.43. The van der Waals surface area contributed by atoms with Gasteiger partial charge in [0.1, 0.15) is 0 Å². The van der Waals surface area contributed by atoms with E-state index in [4.69, 9.17) is 16.2 Å². The monoisotopic (exact) mass is 582 g/mol. The van der Waals surface area contributed by atoms with Gasteiger partial charge < -0.3 is 31.7 Å². The molecule has 12 heteroatoms. The minimum atomic E-state index is -0.607. The van der Waals surface area contributed by atoms with Gasteiger partial charge in [-0.25, -0.2) is 4.98 Å². The number of hydrogen-bond donors (Lipinski definition) is 4. The zero-order chi connectivity index (χ0) is 26.9. The van der Waals surface area contributed by atoms with Crippen molar-refractivity contribution in [1.29, 1.82) is 0 Å². The van der Waals surface area contributed by atoms with Crippen molar-refractivity contribution in [3.05, 3.63) is 50.4 Å². The lowest BCUT2D eigenvalue weighted by Gasteiger charge is -2.30. The van der Waals surface area contributed by atoms with Crippen LogP contribution in [0, 0.1) is 0 Å². The van der Waals surface area contributed by atoms with Crippen molar-refractivity contribution in [2.75, 3.05) is 41.8 Å². The van der Waals surface area contributed by atoms with E-state index >= 15 is 0 Å². The van der Waals surface area contributed by atoms with Crippen molar-refractivity contribution in [1.82, 2.24) is 4.98 Å². The second kappa shape index (κ2) is 11.2. The van der Waals surface area contributed by atoms with Crippen LogP contribution in [0.25, 0.3) is 20.5 Å². The SMILES string of the molecule is NC(=O)c1ncc(N[C@H]2CCCC[C@H]2N)cc1Nc1cscc1-c1csc2c(=O)cc(N3CCOCC3)sc12. The minimum absolute atomic E-state index is 0.0335. The summed E-state index contributed by atoms with van der Waals surface area (Å²) in [5, 5.41) is 14.0. The molecule has 204 valence electrons. The van der Waals surface area contributed by atoms with Crippen LogP contribution in [0.2, 0.25) is 0 Å². The van der Waals surface area contributed by atoms with Crippen molar-refractivity contribution in [3.63, 3.8) is 0 Å². The summed E-state index contributed by atoms with van der Waals surface area (Å²) >= 11 is 4.64. The molecule has 1 aliphatic carbocycles. The molecule has 2 aliphatic rings. The highest BCUT2D eigenvalue weighted by atomic mass is 32.1. The van der Waals surface area contributed by atoms with E-state index in [9.17, 15) is 9.59 Å². The molecule has 0 unspecified atom stereocenters. The maximum absolute atomic E-state index is 13.0. The minimum Gasteiger partial charge on any atom is -0.379 e. The number of primary amides is 1. The van der Waals surface area contributed by atoms with Gasteiger partial charge in [0.25, 0.3) is 5.91 Å². The van der Waals surface area contributed by atoms with E-state index in [1.807, 2.05) is 16.8 Å². The second-order valence-corrected chi connectivity index (χ2v) is 12.5. The van der Waals surface area contributed by atoms with E-state index < -0.39 is 5.91 Å². The number of nitrogens with two attached hydrogens (primary N) is 2. The summed E-state index contributed by atoms with van der Waals surface area (Å²) in [6, 6.07) is 3.85. The van der Waals surface area contributed by atoms with Gasteiger partial charge in [0.05, 0.1) is 50.9 Å². The predicted octanol–water partition coefficient (Wildman–Crippen LogP) is 4.81. The highest BCUT2D eigenvalue weighted by molar-refractivity contribution is 7.28. The first-order valence-electron chi connectivity index (χ1n) is 13.0. The van der Waals surface area contributed by atoms with Crippen LogP contribution >= 0.6 is 34.0 Å². The van der Waals surface area contributed by atoms with Crippen molar-refractivity contribution < 1.29 is 9.53 Å². The lowest BCUT2D eigenvalue weighted by atomic mass is 9.91. The number of nitrogens with one attached hydrogen (secondary N) is 2. The van der Waals surface area contributed by atoms with Gasteiger partial charge in [0.2, 0.25) is 0 Å². The van der Waals surface area contributed by atoms with Crippen LogP contribution in [0.1, 0.15) is 36.2 Å². The van der Waals surface area contributed by atoms with Gasteiger partial charge in [-0.05, 0) is 18.9 Å². The number of carbonyl (C=O) groups is 1. The standard InChI is InChI=1S/C27H30N6O3S3/c28-18-3-1-2-4-19(18)31-15-9-20(24(27(29)35)30-11-15)32-21-14-37-12-16(21)17-13-38-26-22(34)10-23(39-25(17)26)33-5-7-36-8-6-33/h9-14,18-19,31-32H,1-8,28H2,(H2,29,35)/t18-,19+/m1/s1. The van der Waals surface area contributed by atoms with Gasteiger partial charge in [0.15, 0.2) is 11.1 Å². The Balaban J connectivity index is 1.34. The van der Waals surface area contributed by atoms with Gasteiger partial charge >= 0.3 is 0 Å². The molecule has 0 spiro atoms.